The molecule has 0 aliphatic carbocycles. The highest BCUT2D eigenvalue weighted by Crippen LogP contribution is 2.33. The predicted molar refractivity (Wildman–Crippen MR) is 95.5 cm³/mol. The van der Waals surface area contributed by atoms with Crippen LogP contribution in [0, 0.1) is 18.8 Å². The molecule has 0 unspecified atom stereocenters. The van der Waals surface area contributed by atoms with Gasteiger partial charge in [-0.15, -0.1) is 0 Å². The molecule has 4 heterocycles. The lowest BCUT2D eigenvalue weighted by Gasteiger charge is -2.33. The van der Waals surface area contributed by atoms with Crippen molar-refractivity contribution in [3.63, 3.8) is 0 Å². The van der Waals surface area contributed by atoms with E-state index in [4.69, 9.17) is 0 Å². The van der Waals surface area contributed by atoms with Crippen LogP contribution in [0.25, 0.3) is 0 Å². The van der Waals surface area contributed by atoms with Crippen molar-refractivity contribution in [3.05, 3.63) is 59.7 Å². The van der Waals surface area contributed by atoms with Crippen LogP contribution in [0.5, 0.6) is 0 Å². The summed E-state index contributed by atoms with van der Waals surface area (Å²) in [5.41, 5.74) is 3.25. The zero-order chi connectivity index (χ0) is 17.2. The topological polar surface area (TPSA) is 49.3 Å². The molecule has 25 heavy (non-hydrogen) atoms. The summed E-state index contributed by atoms with van der Waals surface area (Å²) < 4.78 is 0. The molecule has 2 aromatic rings. The number of pyridine rings is 2. The Balaban J connectivity index is 1.40. The Bertz CT molecular complexity index is 748. The van der Waals surface area contributed by atoms with Gasteiger partial charge in [-0.05, 0) is 43.0 Å². The van der Waals surface area contributed by atoms with Crippen molar-refractivity contribution in [1.82, 2.24) is 19.8 Å². The van der Waals surface area contributed by atoms with Crippen LogP contribution in [0.4, 0.5) is 0 Å². The van der Waals surface area contributed by atoms with E-state index in [0.29, 0.717) is 18.4 Å². The van der Waals surface area contributed by atoms with Crippen molar-refractivity contribution in [3.8, 4) is 0 Å². The highest BCUT2D eigenvalue weighted by Gasteiger charge is 2.42. The maximum absolute atomic E-state index is 12.9. The fourth-order valence-electron chi connectivity index (χ4n) is 4.11. The van der Waals surface area contributed by atoms with E-state index >= 15 is 0 Å². The van der Waals surface area contributed by atoms with Crippen LogP contribution in [0.1, 0.15) is 23.4 Å². The Kier molecular flexibility index (Phi) is 4.49. The average molecular weight is 336 g/mol. The minimum absolute atomic E-state index is 0.134. The number of aromatic nitrogens is 2. The fourth-order valence-corrected chi connectivity index (χ4v) is 4.11. The molecule has 2 aliphatic rings. The smallest absolute Gasteiger partial charge is 0.227 e. The zero-order valence-corrected chi connectivity index (χ0v) is 14.6. The molecule has 130 valence electrons. The predicted octanol–water partition coefficient (Wildman–Crippen LogP) is 2.27. The van der Waals surface area contributed by atoms with Crippen molar-refractivity contribution in [2.24, 2.45) is 11.8 Å². The monoisotopic (exact) mass is 336 g/mol. The molecule has 0 N–H and O–H groups in total. The number of likely N-dealkylation sites (tertiary alicyclic amines) is 2. The Hall–Kier alpha value is -2.27. The Labute approximate surface area is 148 Å². The minimum atomic E-state index is 0.134. The third kappa shape index (κ3) is 3.56. The van der Waals surface area contributed by atoms with Crippen LogP contribution >= 0.6 is 0 Å². The molecule has 2 saturated heterocycles. The zero-order valence-electron chi connectivity index (χ0n) is 14.6. The second kappa shape index (κ2) is 6.92. The van der Waals surface area contributed by atoms with Crippen molar-refractivity contribution < 1.29 is 4.79 Å². The first kappa shape index (κ1) is 16.2. The number of rotatable bonds is 4. The van der Waals surface area contributed by atoms with Gasteiger partial charge >= 0.3 is 0 Å². The van der Waals surface area contributed by atoms with Crippen LogP contribution < -0.4 is 0 Å². The normalized spacial score (nSPS) is 23.7. The van der Waals surface area contributed by atoms with Crippen molar-refractivity contribution in [2.45, 2.75) is 26.4 Å². The van der Waals surface area contributed by atoms with Crippen LogP contribution in [0.15, 0.2) is 42.7 Å². The van der Waals surface area contributed by atoms with Gasteiger partial charge in [0.2, 0.25) is 5.91 Å². The molecule has 2 fully saturated rings. The molecule has 0 bridgehead atoms. The van der Waals surface area contributed by atoms with Crippen molar-refractivity contribution >= 4 is 5.91 Å². The Morgan fingerprint density at radius 2 is 2.08 bits per heavy atom. The molecule has 4 rings (SSSR count). The van der Waals surface area contributed by atoms with Gasteiger partial charge in [0.15, 0.2) is 0 Å². The van der Waals surface area contributed by atoms with E-state index in [1.165, 1.54) is 0 Å². The van der Waals surface area contributed by atoms with Gasteiger partial charge < -0.3 is 4.90 Å². The van der Waals surface area contributed by atoms with E-state index in [-0.39, 0.29) is 5.92 Å². The second-order valence-corrected chi connectivity index (χ2v) is 7.24. The summed E-state index contributed by atoms with van der Waals surface area (Å²) in [6.07, 6.45) is 4.71. The fraction of sp³-hybridized carbons (Fsp3) is 0.450. The first-order valence-corrected chi connectivity index (χ1v) is 9.01. The van der Waals surface area contributed by atoms with Crippen LogP contribution in [-0.2, 0) is 17.9 Å². The molecule has 0 saturated carbocycles. The summed E-state index contributed by atoms with van der Waals surface area (Å²) in [4.78, 5) is 26.1. The molecule has 0 spiro atoms. The maximum atomic E-state index is 12.9. The SMILES string of the molecule is Cc1cccc(CN2C[C@H]3CCN(Cc4cccnc4)C(=O)[C@@H]3C2)n1. The summed E-state index contributed by atoms with van der Waals surface area (Å²) in [5.74, 6) is 0.928. The third-order valence-corrected chi connectivity index (χ3v) is 5.34. The lowest BCUT2D eigenvalue weighted by atomic mass is 9.88. The van der Waals surface area contributed by atoms with E-state index in [0.717, 1.165) is 49.6 Å². The summed E-state index contributed by atoms with van der Waals surface area (Å²) in [7, 11) is 0. The van der Waals surface area contributed by atoms with Crippen molar-refractivity contribution in [2.75, 3.05) is 19.6 Å². The van der Waals surface area contributed by atoms with Gasteiger partial charge in [0.05, 0.1) is 11.6 Å². The Morgan fingerprint density at radius 1 is 1.16 bits per heavy atom. The van der Waals surface area contributed by atoms with Crippen molar-refractivity contribution in [1.29, 1.82) is 0 Å². The highest BCUT2D eigenvalue weighted by molar-refractivity contribution is 5.80. The number of nitrogens with zero attached hydrogens (tertiary/aromatic N) is 4. The average Bonchev–Trinajstić information content (AvgIpc) is 3.02. The largest absolute Gasteiger partial charge is 0.338 e. The quantitative estimate of drug-likeness (QED) is 0.859. The van der Waals surface area contributed by atoms with E-state index < -0.39 is 0 Å². The first-order valence-electron chi connectivity index (χ1n) is 9.01. The number of amides is 1. The number of fused-ring (bicyclic) bond motifs is 1. The highest BCUT2D eigenvalue weighted by atomic mass is 16.2. The van der Waals surface area contributed by atoms with Crippen LogP contribution in [-0.4, -0.2) is 45.3 Å². The first-order chi connectivity index (χ1) is 12.2. The number of hydrogen-bond donors (Lipinski definition) is 0. The molecule has 0 radical (unpaired) electrons. The third-order valence-electron chi connectivity index (χ3n) is 5.34. The molecular weight excluding hydrogens is 312 g/mol. The summed E-state index contributed by atoms with van der Waals surface area (Å²) in [6, 6.07) is 10.1. The van der Waals surface area contributed by atoms with E-state index in [2.05, 4.69) is 27.0 Å². The molecule has 1 amide bonds. The van der Waals surface area contributed by atoms with Gasteiger partial charge in [-0.1, -0.05) is 12.1 Å². The number of piperidine rings is 1. The number of carbonyl (C=O) groups is 1. The van der Waals surface area contributed by atoms with E-state index in [1.54, 1.807) is 6.20 Å². The van der Waals surface area contributed by atoms with Crippen LogP contribution in [0.2, 0.25) is 0 Å². The lowest BCUT2D eigenvalue weighted by molar-refractivity contribution is -0.140. The molecule has 2 aromatic heterocycles. The minimum Gasteiger partial charge on any atom is -0.338 e. The molecule has 2 atom stereocenters. The summed E-state index contributed by atoms with van der Waals surface area (Å²) >= 11 is 0. The maximum Gasteiger partial charge on any atom is 0.227 e. The molecular formula is C20H24N4O. The molecule has 0 aromatic carbocycles. The van der Waals surface area contributed by atoms with Gasteiger partial charge in [0, 0.05) is 50.8 Å². The van der Waals surface area contributed by atoms with Gasteiger partial charge in [-0.3, -0.25) is 19.7 Å². The summed E-state index contributed by atoms with van der Waals surface area (Å²) in [5, 5.41) is 0. The number of aryl methyl sites for hydroxylation is 1. The second-order valence-electron chi connectivity index (χ2n) is 7.24. The van der Waals surface area contributed by atoms with Gasteiger partial charge in [-0.2, -0.15) is 0 Å². The van der Waals surface area contributed by atoms with E-state index in [1.807, 2.05) is 36.2 Å². The number of hydrogen-bond acceptors (Lipinski definition) is 4. The lowest BCUT2D eigenvalue weighted by Crippen LogP contribution is -2.44. The van der Waals surface area contributed by atoms with Gasteiger partial charge in [-0.25, -0.2) is 0 Å². The molecule has 5 heteroatoms. The van der Waals surface area contributed by atoms with Crippen LogP contribution in [0.3, 0.4) is 0 Å². The van der Waals surface area contributed by atoms with E-state index in [9.17, 15) is 4.79 Å². The molecule has 5 nitrogen and oxygen atoms in total. The molecule has 2 aliphatic heterocycles. The number of carbonyl (C=O) groups excluding carboxylic acids is 1. The standard InChI is InChI=1S/C20H24N4O/c1-15-4-2-6-18(22-15)13-23-12-17-7-9-24(20(25)19(17)14-23)11-16-5-3-8-21-10-16/h2-6,8,10,17,19H,7,9,11-14H2,1H3/t17-,19-/m1/s1. The summed E-state index contributed by atoms with van der Waals surface area (Å²) in [6.45, 7) is 6.24. The Morgan fingerprint density at radius 3 is 2.88 bits per heavy atom. The van der Waals surface area contributed by atoms with Gasteiger partial charge in [0.1, 0.15) is 0 Å². The van der Waals surface area contributed by atoms with Gasteiger partial charge in [0.25, 0.3) is 0 Å².